The molecule has 2 aromatic carbocycles. The third kappa shape index (κ3) is 4.32. The number of amides is 1. The van der Waals surface area contributed by atoms with Crippen LogP contribution < -0.4 is 10.1 Å². The van der Waals surface area contributed by atoms with Crippen molar-refractivity contribution in [3.63, 3.8) is 0 Å². The van der Waals surface area contributed by atoms with E-state index < -0.39 is 6.10 Å². The highest BCUT2D eigenvalue weighted by atomic mass is 16.5. The van der Waals surface area contributed by atoms with Crippen LogP contribution in [0, 0.1) is 13.8 Å². The van der Waals surface area contributed by atoms with Crippen LogP contribution in [-0.4, -0.2) is 22.0 Å². The largest absolute Gasteiger partial charge is 0.481 e. The molecule has 0 aliphatic carbocycles. The van der Waals surface area contributed by atoms with Gasteiger partial charge in [-0.2, -0.15) is 0 Å². The van der Waals surface area contributed by atoms with Gasteiger partial charge in [-0.25, -0.2) is 9.97 Å². The van der Waals surface area contributed by atoms with Crippen LogP contribution in [-0.2, 0) is 11.3 Å². The number of ether oxygens (including phenoxy) is 1. The lowest BCUT2D eigenvalue weighted by Gasteiger charge is -2.15. The number of carbonyl (C=O) groups is 1. The van der Waals surface area contributed by atoms with Gasteiger partial charge in [0.1, 0.15) is 11.6 Å². The van der Waals surface area contributed by atoms with E-state index in [1.807, 2.05) is 62.4 Å². The van der Waals surface area contributed by atoms with Gasteiger partial charge in [-0.3, -0.25) is 4.79 Å². The second kappa shape index (κ2) is 7.30. The number of benzene rings is 2. The molecule has 0 bridgehead atoms. The number of hydrogen-bond donors (Lipinski definition) is 1. The van der Waals surface area contributed by atoms with Crippen molar-refractivity contribution >= 4 is 16.7 Å². The minimum atomic E-state index is -0.605. The van der Waals surface area contributed by atoms with Crippen molar-refractivity contribution in [1.82, 2.24) is 15.3 Å². The molecule has 3 rings (SSSR count). The summed E-state index contributed by atoms with van der Waals surface area (Å²) in [5.74, 6) is 1.07. The second-order valence-electron chi connectivity index (χ2n) is 6.05. The average Bonchev–Trinajstić information content (AvgIpc) is 2.58. The monoisotopic (exact) mass is 335 g/mol. The number of carbonyl (C=O) groups excluding carboxylic acids is 1. The summed E-state index contributed by atoms with van der Waals surface area (Å²) in [6.45, 7) is 5.83. The smallest absolute Gasteiger partial charge is 0.261 e. The van der Waals surface area contributed by atoms with Crippen molar-refractivity contribution in [3.8, 4) is 5.75 Å². The molecule has 1 heterocycles. The molecule has 1 atom stereocenters. The number of nitrogens with zero attached hydrogens (tertiary/aromatic N) is 2. The fourth-order valence-electron chi connectivity index (χ4n) is 2.69. The Hall–Kier alpha value is -2.95. The SMILES string of the molecule is Cc1cc(C)nc(CNC(=O)C(C)Oc2ccc3ccccc3c2)n1. The second-order valence-corrected chi connectivity index (χ2v) is 6.05. The Morgan fingerprint density at radius 1 is 1.04 bits per heavy atom. The molecule has 0 saturated carbocycles. The molecule has 0 fully saturated rings. The Balaban J connectivity index is 1.61. The highest BCUT2D eigenvalue weighted by Crippen LogP contribution is 2.21. The lowest BCUT2D eigenvalue weighted by molar-refractivity contribution is -0.127. The van der Waals surface area contributed by atoms with Crippen molar-refractivity contribution in [2.75, 3.05) is 0 Å². The summed E-state index contributed by atoms with van der Waals surface area (Å²) in [6, 6.07) is 15.7. The molecule has 0 aliphatic heterocycles. The first-order chi connectivity index (χ1) is 12.0. The third-order valence-electron chi connectivity index (χ3n) is 3.85. The molecular weight excluding hydrogens is 314 g/mol. The van der Waals surface area contributed by atoms with Crippen LogP contribution >= 0.6 is 0 Å². The predicted octanol–water partition coefficient (Wildman–Crippen LogP) is 3.33. The first-order valence-corrected chi connectivity index (χ1v) is 8.25. The van der Waals surface area contributed by atoms with Crippen molar-refractivity contribution < 1.29 is 9.53 Å². The molecule has 1 amide bonds. The van der Waals surface area contributed by atoms with Crippen LogP contribution in [0.2, 0.25) is 0 Å². The average molecular weight is 335 g/mol. The molecule has 0 spiro atoms. The number of fused-ring (bicyclic) bond motifs is 1. The molecule has 3 aromatic rings. The minimum Gasteiger partial charge on any atom is -0.481 e. The first kappa shape index (κ1) is 16.9. The molecule has 25 heavy (non-hydrogen) atoms. The van der Waals surface area contributed by atoms with Crippen molar-refractivity contribution in [3.05, 3.63) is 65.7 Å². The summed E-state index contributed by atoms with van der Waals surface area (Å²) in [5, 5.41) is 5.04. The molecule has 0 radical (unpaired) electrons. The van der Waals surface area contributed by atoms with E-state index >= 15 is 0 Å². The summed E-state index contributed by atoms with van der Waals surface area (Å²) in [7, 11) is 0. The Labute approximate surface area is 147 Å². The summed E-state index contributed by atoms with van der Waals surface area (Å²) in [6.07, 6.45) is -0.605. The zero-order valence-electron chi connectivity index (χ0n) is 14.6. The fraction of sp³-hybridized carbons (Fsp3) is 0.250. The van der Waals surface area contributed by atoms with Crippen LogP contribution in [0.3, 0.4) is 0 Å². The van der Waals surface area contributed by atoms with Crippen molar-refractivity contribution in [2.24, 2.45) is 0 Å². The van der Waals surface area contributed by atoms with Gasteiger partial charge < -0.3 is 10.1 Å². The molecule has 0 saturated heterocycles. The van der Waals surface area contributed by atoms with Gasteiger partial charge in [-0.1, -0.05) is 30.3 Å². The maximum atomic E-state index is 12.3. The van der Waals surface area contributed by atoms with E-state index in [2.05, 4.69) is 15.3 Å². The number of nitrogens with one attached hydrogen (secondary N) is 1. The summed E-state index contributed by atoms with van der Waals surface area (Å²) in [4.78, 5) is 20.9. The maximum absolute atomic E-state index is 12.3. The summed E-state index contributed by atoms with van der Waals surface area (Å²) >= 11 is 0. The van der Waals surface area contributed by atoms with E-state index in [1.54, 1.807) is 6.92 Å². The van der Waals surface area contributed by atoms with Gasteiger partial charge in [-0.05, 0) is 49.7 Å². The third-order valence-corrected chi connectivity index (χ3v) is 3.85. The number of hydrogen-bond acceptors (Lipinski definition) is 4. The quantitative estimate of drug-likeness (QED) is 0.777. The predicted molar refractivity (Wildman–Crippen MR) is 97.4 cm³/mol. The molecule has 0 aliphatic rings. The van der Waals surface area contributed by atoms with Crippen LogP contribution in [0.15, 0.2) is 48.5 Å². The lowest BCUT2D eigenvalue weighted by atomic mass is 10.1. The molecule has 1 unspecified atom stereocenters. The van der Waals surface area contributed by atoms with Crippen LogP contribution in [0.4, 0.5) is 0 Å². The van der Waals surface area contributed by atoms with Gasteiger partial charge >= 0.3 is 0 Å². The Kier molecular flexibility index (Phi) is 4.93. The lowest BCUT2D eigenvalue weighted by Crippen LogP contribution is -2.36. The van der Waals surface area contributed by atoms with Crippen LogP contribution in [0.25, 0.3) is 10.8 Å². The summed E-state index contributed by atoms with van der Waals surface area (Å²) < 4.78 is 5.77. The van der Waals surface area contributed by atoms with Gasteiger partial charge in [0.2, 0.25) is 0 Å². The Morgan fingerprint density at radius 3 is 2.44 bits per heavy atom. The zero-order chi connectivity index (χ0) is 17.8. The van der Waals surface area contributed by atoms with E-state index in [4.69, 9.17) is 4.74 Å². The van der Waals surface area contributed by atoms with Crippen LogP contribution in [0.5, 0.6) is 5.75 Å². The fourth-order valence-corrected chi connectivity index (χ4v) is 2.69. The van der Waals surface area contributed by atoms with Gasteiger partial charge in [-0.15, -0.1) is 0 Å². The van der Waals surface area contributed by atoms with E-state index in [9.17, 15) is 4.79 Å². The first-order valence-electron chi connectivity index (χ1n) is 8.25. The Morgan fingerprint density at radius 2 is 1.72 bits per heavy atom. The van der Waals surface area contributed by atoms with E-state index in [1.165, 1.54) is 0 Å². The van der Waals surface area contributed by atoms with E-state index in [0.29, 0.717) is 11.6 Å². The highest BCUT2D eigenvalue weighted by molar-refractivity contribution is 5.84. The van der Waals surface area contributed by atoms with Gasteiger partial charge in [0, 0.05) is 11.4 Å². The molecule has 1 N–H and O–H groups in total. The topological polar surface area (TPSA) is 64.1 Å². The van der Waals surface area contributed by atoms with Crippen molar-refractivity contribution in [1.29, 1.82) is 0 Å². The van der Waals surface area contributed by atoms with E-state index in [0.717, 1.165) is 22.2 Å². The van der Waals surface area contributed by atoms with Gasteiger partial charge in [0.25, 0.3) is 5.91 Å². The molecular formula is C20H21N3O2. The van der Waals surface area contributed by atoms with Crippen molar-refractivity contribution in [2.45, 2.75) is 33.4 Å². The Bertz CT molecular complexity index is 888. The van der Waals surface area contributed by atoms with Gasteiger partial charge in [0.05, 0.1) is 6.54 Å². The number of rotatable bonds is 5. The van der Waals surface area contributed by atoms with Crippen LogP contribution in [0.1, 0.15) is 24.1 Å². The van der Waals surface area contributed by atoms with E-state index in [-0.39, 0.29) is 12.5 Å². The highest BCUT2D eigenvalue weighted by Gasteiger charge is 2.15. The molecule has 128 valence electrons. The minimum absolute atomic E-state index is 0.198. The zero-order valence-corrected chi connectivity index (χ0v) is 14.6. The number of aryl methyl sites for hydroxylation is 2. The molecule has 5 nitrogen and oxygen atoms in total. The normalized spacial score (nSPS) is 12.0. The molecule has 1 aromatic heterocycles. The standard InChI is InChI=1S/C20H21N3O2/c1-13-10-14(2)23-19(22-13)12-21-20(24)15(3)25-18-9-8-16-6-4-5-7-17(16)11-18/h4-11,15H,12H2,1-3H3,(H,21,24). The summed E-state index contributed by atoms with van der Waals surface area (Å²) in [5.41, 5.74) is 1.77. The molecule has 5 heteroatoms. The maximum Gasteiger partial charge on any atom is 0.261 e. The number of aromatic nitrogens is 2. The van der Waals surface area contributed by atoms with Gasteiger partial charge in [0.15, 0.2) is 6.10 Å².